The second-order valence-electron chi connectivity index (χ2n) is 5.93. The number of nitrogens with one attached hydrogen (secondary N) is 1. The third-order valence-corrected chi connectivity index (χ3v) is 3.93. The van der Waals surface area contributed by atoms with Crippen LogP contribution in [-0.4, -0.2) is 42.0 Å². The van der Waals surface area contributed by atoms with Gasteiger partial charge in [0.15, 0.2) is 0 Å². The van der Waals surface area contributed by atoms with Gasteiger partial charge in [-0.2, -0.15) is 0 Å². The van der Waals surface area contributed by atoms with Gasteiger partial charge in [-0.1, -0.05) is 12.8 Å². The largest absolute Gasteiger partial charge is 0.364 e. The molecule has 1 aromatic heterocycles. The fourth-order valence-electron chi connectivity index (χ4n) is 3.14. The Balaban J connectivity index is 2.08. The molecule has 1 saturated carbocycles. The molecule has 0 aromatic carbocycles. The fourth-order valence-corrected chi connectivity index (χ4v) is 3.14. The lowest BCUT2D eigenvalue weighted by molar-refractivity contribution is -0.384. The third kappa shape index (κ3) is 3.45. The number of hydrogen-bond donors (Lipinski definition) is 1. The molecule has 1 aliphatic carbocycles. The summed E-state index contributed by atoms with van der Waals surface area (Å²) >= 11 is 0. The standard InChI is InChI=1S/C14H22N4O2/c1-17(2)11-14(7-3-4-8-14)10-16-13-12(18(19)20)6-5-9-15-13/h5-6,9H,3-4,7-8,10-11H2,1-2H3,(H,15,16). The van der Waals surface area contributed by atoms with E-state index in [4.69, 9.17) is 0 Å². The maximum atomic E-state index is 11.0. The zero-order valence-electron chi connectivity index (χ0n) is 12.1. The molecule has 6 heteroatoms. The molecule has 1 aliphatic rings. The molecule has 0 amide bonds. The van der Waals surface area contributed by atoms with Crippen molar-refractivity contribution in [2.24, 2.45) is 5.41 Å². The van der Waals surface area contributed by atoms with Gasteiger partial charge in [0, 0.05) is 30.8 Å². The number of nitrogens with zero attached hydrogens (tertiary/aromatic N) is 3. The van der Waals surface area contributed by atoms with Gasteiger partial charge in [0.25, 0.3) is 0 Å². The molecule has 0 saturated heterocycles. The summed E-state index contributed by atoms with van der Waals surface area (Å²) in [7, 11) is 4.15. The highest BCUT2D eigenvalue weighted by Gasteiger charge is 2.34. The average Bonchev–Trinajstić information content (AvgIpc) is 2.84. The van der Waals surface area contributed by atoms with Crippen molar-refractivity contribution in [3.8, 4) is 0 Å². The van der Waals surface area contributed by atoms with Crippen LogP contribution in [0.3, 0.4) is 0 Å². The number of nitro groups is 1. The van der Waals surface area contributed by atoms with Crippen LogP contribution >= 0.6 is 0 Å². The highest BCUT2D eigenvalue weighted by Crippen LogP contribution is 2.39. The minimum Gasteiger partial charge on any atom is -0.364 e. The van der Waals surface area contributed by atoms with E-state index < -0.39 is 0 Å². The van der Waals surface area contributed by atoms with Crippen LogP contribution in [0.5, 0.6) is 0 Å². The van der Waals surface area contributed by atoms with E-state index in [2.05, 4.69) is 29.3 Å². The highest BCUT2D eigenvalue weighted by molar-refractivity contribution is 5.55. The van der Waals surface area contributed by atoms with Crippen molar-refractivity contribution in [3.63, 3.8) is 0 Å². The van der Waals surface area contributed by atoms with Gasteiger partial charge < -0.3 is 10.2 Å². The van der Waals surface area contributed by atoms with Crippen molar-refractivity contribution in [3.05, 3.63) is 28.4 Å². The zero-order chi connectivity index (χ0) is 14.6. The SMILES string of the molecule is CN(C)CC1(CNc2ncccc2[N+](=O)[O-])CCCC1. The van der Waals surface area contributed by atoms with E-state index in [0.29, 0.717) is 5.82 Å². The van der Waals surface area contributed by atoms with E-state index in [9.17, 15) is 10.1 Å². The Kier molecular flexibility index (Phi) is 4.54. The first kappa shape index (κ1) is 14.7. The predicted molar refractivity (Wildman–Crippen MR) is 78.8 cm³/mol. The lowest BCUT2D eigenvalue weighted by atomic mass is 9.85. The molecule has 1 fully saturated rings. The quantitative estimate of drug-likeness (QED) is 0.639. The van der Waals surface area contributed by atoms with Crippen LogP contribution in [0.1, 0.15) is 25.7 Å². The van der Waals surface area contributed by atoms with Crippen LogP contribution in [0.2, 0.25) is 0 Å². The summed E-state index contributed by atoms with van der Waals surface area (Å²) in [6, 6.07) is 3.08. The Morgan fingerprint density at radius 3 is 2.75 bits per heavy atom. The van der Waals surface area contributed by atoms with Gasteiger partial charge in [0.1, 0.15) is 0 Å². The van der Waals surface area contributed by atoms with Gasteiger partial charge in [0.2, 0.25) is 5.82 Å². The maximum absolute atomic E-state index is 11.0. The maximum Gasteiger partial charge on any atom is 0.311 e. The lowest BCUT2D eigenvalue weighted by Crippen LogP contribution is -2.37. The summed E-state index contributed by atoms with van der Waals surface area (Å²) in [5.74, 6) is 0.377. The van der Waals surface area contributed by atoms with E-state index in [-0.39, 0.29) is 16.0 Å². The molecule has 0 spiro atoms. The summed E-state index contributed by atoms with van der Waals surface area (Å²) in [4.78, 5) is 16.9. The Bertz CT molecular complexity index is 470. The second kappa shape index (κ2) is 6.17. The van der Waals surface area contributed by atoms with Crippen LogP contribution in [0, 0.1) is 15.5 Å². The van der Waals surface area contributed by atoms with Crippen LogP contribution in [0.4, 0.5) is 11.5 Å². The minimum atomic E-state index is -0.386. The van der Waals surface area contributed by atoms with Gasteiger partial charge in [-0.3, -0.25) is 10.1 Å². The monoisotopic (exact) mass is 278 g/mol. The Morgan fingerprint density at radius 2 is 2.15 bits per heavy atom. The Labute approximate surface area is 119 Å². The first-order valence-electron chi connectivity index (χ1n) is 7.00. The molecule has 1 N–H and O–H groups in total. The smallest absolute Gasteiger partial charge is 0.311 e. The summed E-state index contributed by atoms with van der Waals surface area (Å²) < 4.78 is 0. The van der Waals surface area contributed by atoms with Crippen LogP contribution in [0.15, 0.2) is 18.3 Å². The number of rotatable bonds is 6. The summed E-state index contributed by atoms with van der Waals surface area (Å²) in [5.41, 5.74) is 0.250. The van der Waals surface area contributed by atoms with E-state index in [1.807, 2.05) is 0 Å². The molecule has 0 aliphatic heterocycles. The number of anilines is 1. The number of pyridine rings is 1. The number of hydrogen-bond acceptors (Lipinski definition) is 5. The number of aromatic nitrogens is 1. The van der Waals surface area contributed by atoms with Crippen molar-refractivity contribution in [1.82, 2.24) is 9.88 Å². The van der Waals surface area contributed by atoms with Crippen LogP contribution < -0.4 is 5.32 Å². The predicted octanol–water partition coefficient (Wildman–Crippen LogP) is 2.52. The van der Waals surface area contributed by atoms with Crippen LogP contribution in [0.25, 0.3) is 0 Å². The fraction of sp³-hybridized carbons (Fsp3) is 0.643. The van der Waals surface area contributed by atoms with Crippen LogP contribution in [-0.2, 0) is 0 Å². The molecule has 1 aromatic rings. The highest BCUT2D eigenvalue weighted by atomic mass is 16.6. The molecule has 110 valence electrons. The second-order valence-corrected chi connectivity index (χ2v) is 5.93. The van der Waals surface area contributed by atoms with Crippen molar-refractivity contribution in [1.29, 1.82) is 0 Å². The first-order chi connectivity index (χ1) is 9.52. The molecule has 20 heavy (non-hydrogen) atoms. The van der Waals surface area contributed by atoms with E-state index in [0.717, 1.165) is 13.1 Å². The molecule has 0 unspecified atom stereocenters. The van der Waals surface area contributed by atoms with Crippen molar-refractivity contribution < 1.29 is 4.92 Å². The van der Waals surface area contributed by atoms with Crippen molar-refractivity contribution in [2.75, 3.05) is 32.5 Å². The van der Waals surface area contributed by atoms with Gasteiger partial charge in [-0.15, -0.1) is 0 Å². The van der Waals surface area contributed by atoms with Gasteiger partial charge in [-0.25, -0.2) is 4.98 Å². The minimum absolute atomic E-state index is 0.0468. The van der Waals surface area contributed by atoms with E-state index >= 15 is 0 Å². The molecule has 6 nitrogen and oxygen atoms in total. The summed E-state index contributed by atoms with van der Waals surface area (Å²) in [6.45, 7) is 1.74. The molecule has 0 radical (unpaired) electrons. The molecule has 1 heterocycles. The lowest BCUT2D eigenvalue weighted by Gasteiger charge is -2.32. The molecule has 0 atom stereocenters. The molecular weight excluding hydrogens is 256 g/mol. The zero-order valence-corrected chi connectivity index (χ0v) is 12.1. The average molecular weight is 278 g/mol. The molecule has 0 bridgehead atoms. The van der Waals surface area contributed by atoms with Crippen molar-refractivity contribution >= 4 is 11.5 Å². The third-order valence-electron chi connectivity index (χ3n) is 3.93. The first-order valence-corrected chi connectivity index (χ1v) is 7.00. The molecular formula is C14H22N4O2. The topological polar surface area (TPSA) is 71.3 Å². The van der Waals surface area contributed by atoms with E-state index in [1.165, 1.54) is 31.7 Å². The van der Waals surface area contributed by atoms with Gasteiger partial charge >= 0.3 is 5.69 Å². The van der Waals surface area contributed by atoms with Gasteiger partial charge in [-0.05, 0) is 33.0 Å². The Hall–Kier alpha value is -1.69. The Morgan fingerprint density at radius 1 is 1.45 bits per heavy atom. The normalized spacial score (nSPS) is 17.4. The summed E-state index contributed by atoms with van der Waals surface area (Å²) in [6.07, 6.45) is 6.39. The van der Waals surface area contributed by atoms with Crippen molar-refractivity contribution in [2.45, 2.75) is 25.7 Å². The summed E-state index contributed by atoms with van der Waals surface area (Å²) in [5, 5.41) is 14.2. The van der Waals surface area contributed by atoms with E-state index in [1.54, 1.807) is 12.3 Å². The molecule has 2 rings (SSSR count). The van der Waals surface area contributed by atoms with Gasteiger partial charge in [0.05, 0.1) is 4.92 Å².